The van der Waals surface area contributed by atoms with E-state index in [9.17, 15) is 19.3 Å². The van der Waals surface area contributed by atoms with E-state index in [-0.39, 0.29) is 5.56 Å². The molecule has 6 heteroatoms. The third kappa shape index (κ3) is 3.51. The van der Waals surface area contributed by atoms with E-state index in [1.165, 1.54) is 6.07 Å². The Morgan fingerprint density at radius 2 is 2.00 bits per heavy atom. The van der Waals surface area contributed by atoms with Gasteiger partial charge in [-0.15, -0.1) is 0 Å². The number of nitro groups is 1. The highest BCUT2D eigenvalue weighted by Gasteiger charge is 2.20. The van der Waals surface area contributed by atoms with Crippen molar-refractivity contribution >= 4 is 11.6 Å². The van der Waals surface area contributed by atoms with Crippen molar-refractivity contribution in [3.05, 3.63) is 39.7 Å². The van der Waals surface area contributed by atoms with Gasteiger partial charge in [0, 0.05) is 17.2 Å². The largest absolute Gasteiger partial charge is 0.347 e. The van der Waals surface area contributed by atoms with Gasteiger partial charge in [0.25, 0.3) is 5.91 Å². The molecule has 0 aliphatic heterocycles. The maximum Gasteiger partial charge on any atom is 0.305 e. The van der Waals surface area contributed by atoms with E-state index >= 15 is 0 Å². The molecular formula is C11H13FN2O3. The first-order chi connectivity index (χ1) is 7.70. The molecule has 1 rings (SSSR count). The van der Waals surface area contributed by atoms with Crippen LogP contribution in [-0.4, -0.2) is 16.4 Å². The molecule has 1 aromatic carbocycles. The Morgan fingerprint density at radius 1 is 1.41 bits per heavy atom. The van der Waals surface area contributed by atoms with Crippen LogP contribution in [0.3, 0.4) is 0 Å². The van der Waals surface area contributed by atoms with E-state index in [0.29, 0.717) is 0 Å². The maximum absolute atomic E-state index is 13.0. The molecule has 5 nitrogen and oxygen atoms in total. The van der Waals surface area contributed by atoms with Crippen molar-refractivity contribution in [3.63, 3.8) is 0 Å². The fourth-order valence-electron chi connectivity index (χ4n) is 1.21. The average molecular weight is 240 g/mol. The lowest BCUT2D eigenvalue weighted by Crippen LogP contribution is -2.40. The third-order valence-corrected chi connectivity index (χ3v) is 1.89. The van der Waals surface area contributed by atoms with Crippen LogP contribution >= 0.6 is 0 Å². The molecule has 92 valence electrons. The molecule has 0 aliphatic rings. The van der Waals surface area contributed by atoms with Crippen LogP contribution in [-0.2, 0) is 0 Å². The molecule has 1 aromatic rings. The quantitative estimate of drug-likeness (QED) is 0.636. The van der Waals surface area contributed by atoms with Crippen molar-refractivity contribution < 1.29 is 14.1 Å². The third-order valence-electron chi connectivity index (χ3n) is 1.89. The first kappa shape index (κ1) is 13.1. The predicted molar refractivity (Wildman–Crippen MR) is 60.3 cm³/mol. The molecule has 0 heterocycles. The van der Waals surface area contributed by atoms with E-state index in [4.69, 9.17) is 0 Å². The number of carbonyl (C=O) groups excluding carboxylic acids is 1. The summed E-state index contributed by atoms with van der Waals surface area (Å²) in [7, 11) is 0. The lowest BCUT2D eigenvalue weighted by Gasteiger charge is -2.20. The molecule has 0 radical (unpaired) electrons. The second-order valence-electron chi connectivity index (χ2n) is 4.63. The average Bonchev–Trinajstić information content (AvgIpc) is 2.14. The lowest BCUT2D eigenvalue weighted by atomic mass is 10.1. The number of hydrogen-bond acceptors (Lipinski definition) is 3. The van der Waals surface area contributed by atoms with Gasteiger partial charge in [-0.1, -0.05) is 0 Å². The van der Waals surface area contributed by atoms with Gasteiger partial charge < -0.3 is 5.32 Å². The van der Waals surface area contributed by atoms with Gasteiger partial charge in [-0.05, 0) is 32.9 Å². The predicted octanol–water partition coefficient (Wildman–Crippen LogP) is 2.26. The number of benzene rings is 1. The smallest absolute Gasteiger partial charge is 0.305 e. The van der Waals surface area contributed by atoms with E-state index in [2.05, 4.69) is 5.32 Å². The van der Waals surface area contributed by atoms with Crippen molar-refractivity contribution in [3.8, 4) is 0 Å². The van der Waals surface area contributed by atoms with Gasteiger partial charge in [0.1, 0.15) is 0 Å². The lowest BCUT2D eigenvalue weighted by molar-refractivity contribution is -0.387. The highest BCUT2D eigenvalue weighted by atomic mass is 19.1. The molecule has 1 amide bonds. The number of hydrogen-bond donors (Lipinski definition) is 1. The second-order valence-corrected chi connectivity index (χ2v) is 4.63. The molecule has 0 fully saturated rings. The van der Waals surface area contributed by atoms with Crippen LogP contribution in [0.15, 0.2) is 18.2 Å². The second kappa shape index (κ2) is 4.48. The van der Waals surface area contributed by atoms with Crippen LogP contribution in [0.4, 0.5) is 10.1 Å². The van der Waals surface area contributed by atoms with Crippen LogP contribution in [0, 0.1) is 15.9 Å². The molecular weight excluding hydrogens is 227 g/mol. The Balaban J connectivity index is 3.04. The molecule has 1 N–H and O–H groups in total. The molecule has 0 saturated heterocycles. The molecule has 0 aliphatic carbocycles. The summed E-state index contributed by atoms with van der Waals surface area (Å²) in [5.74, 6) is -1.43. The van der Waals surface area contributed by atoms with E-state index in [1.807, 2.05) is 0 Å². The number of nitrogens with zero attached hydrogens (tertiary/aromatic N) is 1. The van der Waals surface area contributed by atoms with Crippen LogP contribution in [0.5, 0.6) is 0 Å². The van der Waals surface area contributed by atoms with Crippen molar-refractivity contribution in [1.29, 1.82) is 0 Å². The molecule has 0 bridgehead atoms. The van der Waals surface area contributed by atoms with Crippen LogP contribution < -0.4 is 5.32 Å². The Morgan fingerprint density at radius 3 is 2.47 bits per heavy atom. The number of nitro benzene ring substituents is 1. The summed E-state index contributed by atoms with van der Waals surface area (Å²) in [5, 5.41) is 13.2. The summed E-state index contributed by atoms with van der Waals surface area (Å²) in [6.07, 6.45) is 0. The SMILES string of the molecule is CC(C)(C)NC(=O)c1ccc(F)c([N+](=O)[O-])c1. The number of halogens is 1. The highest BCUT2D eigenvalue weighted by Crippen LogP contribution is 2.18. The van der Waals surface area contributed by atoms with Gasteiger partial charge in [0.2, 0.25) is 5.82 Å². The normalized spacial score (nSPS) is 11.1. The molecule has 0 atom stereocenters. The molecule has 0 spiro atoms. The van der Waals surface area contributed by atoms with Crippen molar-refractivity contribution in [2.75, 3.05) is 0 Å². The molecule has 17 heavy (non-hydrogen) atoms. The summed E-state index contributed by atoms with van der Waals surface area (Å²) in [5.41, 5.74) is -1.10. The fourth-order valence-corrected chi connectivity index (χ4v) is 1.21. The summed E-state index contributed by atoms with van der Waals surface area (Å²) in [6.45, 7) is 5.34. The maximum atomic E-state index is 13.0. The van der Waals surface area contributed by atoms with Gasteiger partial charge in [0.15, 0.2) is 0 Å². The molecule has 0 unspecified atom stereocenters. The van der Waals surface area contributed by atoms with Gasteiger partial charge in [-0.2, -0.15) is 4.39 Å². The fraction of sp³-hybridized carbons (Fsp3) is 0.364. The first-order valence-electron chi connectivity index (χ1n) is 4.97. The monoisotopic (exact) mass is 240 g/mol. The number of nitrogens with one attached hydrogen (secondary N) is 1. The number of carbonyl (C=O) groups is 1. The van der Waals surface area contributed by atoms with Gasteiger partial charge in [-0.3, -0.25) is 14.9 Å². The van der Waals surface area contributed by atoms with Crippen LogP contribution in [0.2, 0.25) is 0 Å². The standard InChI is InChI=1S/C11H13FN2O3/c1-11(2,3)13-10(15)7-4-5-8(12)9(6-7)14(16)17/h4-6H,1-3H3,(H,13,15). The molecule has 0 aromatic heterocycles. The topological polar surface area (TPSA) is 72.2 Å². The van der Waals surface area contributed by atoms with Crippen LogP contribution in [0.1, 0.15) is 31.1 Å². The minimum atomic E-state index is -0.956. The number of rotatable bonds is 2. The van der Waals surface area contributed by atoms with Crippen molar-refractivity contribution in [1.82, 2.24) is 5.32 Å². The Bertz CT molecular complexity index is 466. The van der Waals surface area contributed by atoms with Gasteiger partial charge in [-0.25, -0.2) is 0 Å². The van der Waals surface area contributed by atoms with Crippen LogP contribution in [0.25, 0.3) is 0 Å². The minimum absolute atomic E-state index is 0.0630. The highest BCUT2D eigenvalue weighted by molar-refractivity contribution is 5.95. The Hall–Kier alpha value is -1.98. The summed E-state index contributed by atoms with van der Waals surface area (Å²) in [4.78, 5) is 21.3. The zero-order valence-electron chi connectivity index (χ0n) is 9.78. The van der Waals surface area contributed by atoms with Gasteiger partial charge in [0.05, 0.1) is 4.92 Å². The summed E-state index contributed by atoms with van der Waals surface area (Å²) < 4.78 is 13.0. The number of amides is 1. The van der Waals surface area contributed by atoms with Crippen molar-refractivity contribution in [2.24, 2.45) is 0 Å². The van der Waals surface area contributed by atoms with Gasteiger partial charge >= 0.3 is 5.69 Å². The summed E-state index contributed by atoms with van der Waals surface area (Å²) >= 11 is 0. The van der Waals surface area contributed by atoms with E-state index in [1.54, 1.807) is 20.8 Å². The Kier molecular flexibility index (Phi) is 3.45. The summed E-state index contributed by atoms with van der Waals surface area (Å²) in [6, 6.07) is 3.05. The first-order valence-corrected chi connectivity index (χ1v) is 4.97. The zero-order chi connectivity index (χ0) is 13.2. The van der Waals surface area contributed by atoms with E-state index in [0.717, 1.165) is 12.1 Å². The zero-order valence-corrected chi connectivity index (χ0v) is 9.78. The Labute approximate surface area is 97.8 Å². The van der Waals surface area contributed by atoms with E-state index < -0.39 is 27.9 Å². The van der Waals surface area contributed by atoms with Crippen molar-refractivity contribution in [2.45, 2.75) is 26.3 Å². The minimum Gasteiger partial charge on any atom is -0.347 e. The molecule has 0 saturated carbocycles.